The SMILES string of the molecule is Cc1ccc(N2CCC(CNC(=O)c3ccco3)CC2)nn1. The van der Waals surface area contributed by atoms with Crippen LogP contribution in [0.2, 0.25) is 0 Å². The summed E-state index contributed by atoms with van der Waals surface area (Å²) in [7, 11) is 0. The van der Waals surface area contributed by atoms with Gasteiger partial charge in [-0.05, 0) is 49.9 Å². The van der Waals surface area contributed by atoms with E-state index in [9.17, 15) is 4.79 Å². The summed E-state index contributed by atoms with van der Waals surface area (Å²) < 4.78 is 5.08. The van der Waals surface area contributed by atoms with E-state index >= 15 is 0 Å². The van der Waals surface area contributed by atoms with Crippen LogP contribution in [0.1, 0.15) is 29.1 Å². The van der Waals surface area contributed by atoms with E-state index in [-0.39, 0.29) is 5.91 Å². The first-order valence-electron chi connectivity index (χ1n) is 7.59. The van der Waals surface area contributed by atoms with Crippen LogP contribution in [-0.2, 0) is 0 Å². The normalized spacial score (nSPS) is 15.8. The number of amides is 1. The third-order valence-electron chi connectivity index (χ3n) is 4.02. The Labute approximate surface area is 129 Å². The van der Waals surface area contributed by atoms with Crippen LogP contribution in [0.15, 0.2) is 34.9 Å². The summed E-state index contributed by atoms with van der Waals surface area (Å²) in [5.41, 5.74) is 0.930. The molecule has 0 spiro atoms. The number of anilines is 1. The number of furan rings is 1. The number of aryl methyl sites for hydroxylation is 1. The quantitative estimate of drug-likeness (QED) is 0.935. The summed E-state index contributed by atoms with van der Waals surface area (Å²) >= 11 is 0. The molecule has 0 unspecified atom stereocenters. The topological polar surface area (TPSA) is 71.3 Å². The largest absolute Gasteiger partial charge is 0.459 e. The predicted octanol–water partition coefficient (Wildman–Crippen LogP) is 2.02. The minimum absolute atomic E-state index is 0.142. The zero-order valence-corrected chi connectivity index (χ0v) is 12.7. The number of piperidine rings is 1. The molecule has 0 aromatic carbocycles. The molecule has 1 amide bonds. The second-order valence-corrected chi connectivity index (χ2v) is 5.65. The summed E-state index contributed by atoms with van der Waals surface area (Å²) in [6.07, 6.45) is 3.58. The Morgan fingerprint density at radius 2 is 2.14 bits per heavy atom. The number of aromatic nitrogens is 2. The highest BCUT2D eigenvalue weighted by molar-refractivity contribution is 5.91. The highest BCUT2D eigenvalue weighted by Gasteiger charge is 2.21. The lowest BCUT2D eigenvalue weighted by Crippen LogP contribution is -2.39. The van der Waals surface area contributed by atoms with Gasteiger partial charge in [0.1, 0.15) is 0 Å². The number of hydrogen-bond acceptors (Lipinski definition) is 5. The van der Waals surface area contributed by atoms with Crippen LogP contribution < -0.4 is 10.2 Å². The first-order chi connectivity index (χ1) is 10.7. The van der Waals surface area contributed by atoms with Crippen molar-refractivity contribution in [3.8, 4) is 0 Å². The van der Waals surface area contributed by atoms with Gasteiger partial charge in [-0.2, -0.15) is 5.10 Å². The minimum atomic E-state index is -0.142. The van der Waals surface area contributed by atoms with Crippen molar-refractivity contribution in [1.82, 2.24) is 15.5 Å². The van der Waals surface area contributed by atoms with Gasteiger partial charge in [0.2, 0.25) is 0 Å². The molecule has 116 valence electrons. The van der Waals surface area contributed by atoms with Crippen LogP contribution in [0, 0.1) is 12.8 Å². The lowest BCUT2D eigenvalue weighted by atomic mass is 9.97. The van der Waals surface area contributed by atoms with Crippen molar-refractivity contribution < 1.29 is 9.21 Å². The zero-order valence-electron chi connectivity index (χ0n) is 12.7. The van der Waals surface area contributed by atoms with Crippen LogP contribution in [0.5, 0.6) is 0 Å². The molecule has 0 aliphatic carbocycles. The van der Waals surface area contributed by atoms with Crippen LogP contribution in [-0.4, -0.2) is 35.7 Å². The fourth-order valence-electron chi connectivity index (χ4n) is 2.66. The minimum Gasteiger partial charge on any atom is -0.459 e. The van der Waals surface area contributed by atoms with E-state index in [0.29, 0.717) is 18.2 Å². The Kier molecular flexibility index (Phi) is 4.37. The lowest BCUT2D eigenvalue weighted by molar-refractivity contribution is 0.0917. The van der Waals surface area contributed by atoms with E-state index in [1.54, 1.807) is 12.1 Å². The fraction of sp³-hybridized carbons (Fsp3) is 0.438. The number of nitrogens with one attached hydrogen (secondary N) is 1. The predicted molar refractivity (Wildman–Crippen MR) is 82.7 cm³/mol. The van der Waals surface area contributed by atoms with Gasteiger partial charge < -0.3 is 14.6 Å². The maximum atomic E-state index is 11.8. The van der Waals surface area contributed by atoms with Gasteiger partial charge in [0, 0.05) is 19.6 Å². The van der Waals surface area contributed by atoms with Crippen LogP contribution in [0.25, 0.3) is 0 Å². The summed E-state index contributed by atoms with van der Waals surface area (Å²) in [5, 5.41) is 11.3. The molecule has 3 rings (SSSR count). The highest BCUT2D eigenvalue weighted by Crippen LogP contribution is 2.21. The van der Waals surface area contributed by atoms with Crippen molar-refractivity contribution in [2.75, 3.05) is 24.5 Å². The van der Waals surface area contributed by atoms with Gasteiger partial charge in [0.25, 0.3) is 5.91 Å². The van der Waals surface area contributed by atoms with E-state index in [4.69, 9.17) is 4.42 Å². The van der Waals surface area contributed by atoms with Crippen molar-refractivity contribution in [2.24, 2.45) is 5.92 Å². The second-order valence-electron chi connectivity index (χ2n) is 5.65. The molecular weight excluding hydrogens is 280 g/mol. The van der Waals surface area contributed by atoms with E-state index in [2.05, 4.69) is 20.4 Å². The molecule has 0 radical (unpaired) electrons. The van der Waals surface area contributed by atoms with Crippen molar-refractivity contribution in [2.45, 2.75) is 19.8 Å². The third kappa shape index (κ3) is 3.44. The summed E-state index contributed by atoms with van der Waals surface area (Å²) in [6.45, 7) is 4.51. The molecule has 1 saturated heterocycles. The van der Waals surface area contributed by atoms with Crippen LogP contribution in [0.3, 0.4) is 0 Å². The molecule has 1 N–H and O–H groups in total. The second kappa shape index (κ2) is 6.60. The van der Waals surface area contributed by atoms with Crippen LogP contribution in [0.4, 0.5) is 5.82 Å². The van der Waals surface area contributed by atoms with Crippen LogP contribution >= 0.6 is 0 Å². The van der Waals surface area contributed by atoms with Crippen molar-refractivity contribution in [3.63, 3.8) is 0 Å². The van der Waals surface area contributed by atoms with Crippen molar-refractivity contribution in [1.29, 1.82) is 0 Å². The lowest BCUT2D eigenvalue weighted by Gasteiger charge is -2.32. The molecule has 22 heavy (non-hydrogen) atoms. The van der Waals surface area contributed by atoms with Gasteiger partial charge in [-0.3, -0.25) is 4.79 Å². The summed E-state index contributed by atoms with van der Waals surface area (Å²) in [4.78, 5) is 14.1. The molecule has 6 nitrogen and oxygen atoms in total. The summed E-state index contributed by atoms with van der Waals surface area (Å²) in [6, 6.07) is 7.39. The van der Waals surface area contributed by atoms with Crippen molar-refractivity contribution >= 4 is 11.7 Å². The Bertz CT molecular complexity index is 602. The Hall–Kier alpha value is -2.37. The van der Waals surface area contributed by atoms with Gasteiger partial charge in [0.15, 0.2) is 11.6 Å². The molecule has 2 aromatic heterocycles. The van der Waals surface area contributed by atoms with Gasteiger partial charge in [-0.1, -0.05) is 0 Å². The standard InChI is InChI=1S/C16H20N4O2/c1-12-4-5-15(19-18-12)20-8-6-13(7-9-20)11-17-16(21)14-3-2-10-22-14/h2-5,10,13H,6-9,11H2,1H3,(H,17,21). The Morgan fingerprint density at radius 1 is 1.32 bits per heavy atom. The van der Waals surface area contributed by atoms with E-state index in [1.165, 1.54) is 6.26 Å². The smallest absolute Gasteiger partial charge is 0.286 e. The number of carbonyl (C=O) groups is 1. The van der Waals surface area contributed by atoms with Crippen molar-refractivity contribution in [3.05, 3.63) is 42.0 Å². The maximum absolute atomic E-state index is 11.8. The molecule has 6 heteroatoms. The van der Waals surface area contributed by atoms with Gasteiger partial charge in [0.05, 0.1) is 12.0 Å². The average Bonchev–Trinajstić information content (AvgIpc) is 3.08. The molecule has 0 saturated carbocycles. The number of carbonyl (C=O) groups excluding carboxylic acids is 1. The Balaban J connectivity index is 1.45. The zero-order chi connectivity index (χ0) is 15.4. The first kappa shape index (κ1) is 14.6. The first-order valence-corrected chi connectivity index (χ1v) is 7.59. The fourth-order valence-corrected chi connectivity index (χ4v) is 2.66. The third-order valence-corrected chi connectivity index (χ3v) is 4.02. The molecule has 1 aliphatic rings. The van der Waals surface area contributed by atoms with Gasteiger partial charge >= 0.3 is 0 Å². The molecule has 0 bridgehead atoms. The summed E-state index contributed by atoms with van der Waals surface area (Å²) in [5.74, 6) is 1.65. The number of nitrogens with zero attached hydrogens (tertiary/aromatic N) is 3. The van der Waals surface area contributed by atoms with Gasteiger partial charge in [-0.25, -0.2) is 0 Å². The van der Waals surface area contributed by atoms with E-state index in [0.717, 1.165) is 37.4 Å². The Morgan fingerprint density at radius 3 is 2.77 bits per heavy atom. The molecule has 1 fully saturated rings. The van der Waals surface area contributed by atoms with E-state index < -0.39 is 0 Å². The average molecular weight is 300 g/mol. The molecule has 0 atom stereocenters. The molecule has 3 heterocycles. The number of rotatable bonds is 4. The number of hydrogen-bond donors (Lipinski definition) is 1. The highest BCUT2D eigenvalue weighted by atomic mass is 16.3. The molecular formula is C16H20N4O2. The van der Waals surface area contributed by atoms with Gasteiger partial charge in [-0.15, -0.1) is 5.10 Å². The van der Waals surface area contributed by atoms with E-state index in [1.807, 2.05) is 19.1 Å². The maximum Gasteiger partial charge on any atom is 0.286 e. The monoisotopic (exact) mass is 300 g/mol. The molecule has 1 aliphatic heterocycles. The molecule has 2 aromatic rings.